The molecule has 0 unspecified atom stereocenters. The van der Waals surface area contributed by atoms with E-state index in [-0.39, 0.29) is 12.3 Å². The first-order valence-electron chi connectivity index (χ1n) is 8.54. The number of fused-ring (bicyclic) bond motifs is 1. The summed E-state index contributed by atoms with van der Waals surface area (Å²) in [5.41, 5.74) is 7.98. The van der Waals surface area contributed by atoms with Crippen LogP contribution in [0.3, 0.4) is 0 Å². The summed E-state index contributed by atoms with van der Waals surface area (Å²) in [4.78, 5) is 25.4. The highest BCUT2D eigenvalue weighted by atomic mass is 32.1. The highest BCUT2D eigenvalue weighted by Crippen LogP contribution is 2.37. The zero-order chi connectivity index (χ0) is 17.8. The van der Waals surface area contributed by atoms with Crippen molar-refractivity contribution in [1.82, 2.24) is 0 Å². The average Bonchev–Trinajstić information content (AvgIpc) is 2.94. The lowest BCUT2D eigenvalue weighted by molar-refractivity contribution is -0.115. The summed E-state index contributed by atoms with van der Waals surface area (Å²) in [6.45, 7) is 2.54. The first-order valence-corrected chi connectivity index (χ1v) is 9.36. The number of anilines is 1. The Kier molecular flexibility index (Phi) is 5.38. The first kappa shape index (κ1) is 17.5. The maximum atomic E-state index is 12.4. The molecule has 1 aliphatic rings. The number of thiophene rings is 1. The van der Waals surface area contributed by atoms with Crippen LogP contribution in [0.5, 0.6) is 5.75 Å². The molecule has 0 aliphatic heterocycles. The fourth-order valence-corrected chi connectivity index (χ4v) is 4.45. The molecule has 6 heteroatoms. The normalized spacial score (nSPS) is 13.2. The molecule has 3 N–H and O–H groups in total. The van der Waals surface area contributed by atoms with Gasteiger partial charge in [0, 0.05) is 4.88 Å². The van der Waals surface area contributed by atoms with Gasteiger partial charge < -0.3 is 15.8 Å². The Bertz CT molecular complexity index is 781. The molecule has 0 spiro atoms. The molecule has 1 aliphatic carbocycles. The van der Waals surface area contributed by atoms with E-state index in [4.69, 9.17) is 10.5 Å². The molecule has 0 bridgehead atoms. The predicted molar refractivity (Wildman–Crippen MR) is 99.4 cm³/mol. The third-order valence-corrected chi connectivity index (χ3v) is 5.48. The Morgan fingerprint density at radius 1 is 1.20 bits per heavy atom. The number of nitrogens with one attached hydrogen (secondary N) is 1. The highest BCUT2D eigenvalue weighted by molar-refractivity contribution is 7.17. The number of carbonyl (C=O) groups excluding carboxylic acids is 2. The molecule has 5 nitrogen and oxygen atoms in total. The van der Waals surface area contributed by atoms with Crippen molar-refractivity contribution >= 4 is 28.2 Å². The third kappa shape index (κ3) is 4.02. The van der Waals surface area contributed by atoms with Gasteiger partial charge >= 0.3 is 0 Å². The Hall–Kier alpha value is -2.34. The van der Waals surface area contributed by atoms with E-state index in [1.807, 2.05) is 31.2 Å². The van der Waals surface area contributed by atoms with Gasteiger partial charge in [0.1, 0.15) is 10.8 Å². The molecule has 2 aromatic rings. The van der Waals surface area contributed by atoms with Crippen LogP contribution in [-0.2, 0) is 24.1 Å². The van der Waals surface area contributed by atoms with Crippen LogP contribution >= 0.6 is 11.3 Å². The van der Waals surface area contributed by atoms with Gasteiger partial charge in [-0.1, -0.05) is 12.1 Å². The maximum absolute atomic E-state index is 12.4. The minimum Gasteiger partial charge on any atom is -0.494 e. The van der Waals surface area contributed by atoms with Gasteiger partial charge in [-0.15, -0.1) is 11.3 Å². The van der Waals surface area contributed by atoms with Crippen LogP contribution in [0.1, 0.15) is 46.1 Å². The fourth-order valence-electron chi connectivity index (χ4n) is 3.14. The van der Waals surface area contributed by atoms with Crippen molar-refractivity contribution in [3.63, 3.8) is 0 Å². The molecule has 1 heterocycles. The smallest absolute Gasteiger partial charge is 0.251 e. The minimum atomic E-state index is -0.462. The minimum absolute atomic E-state index is 0.148. The SMILES string of the molecule is CCOc1ccc(CC(=O)Nc2sc3c(c2C(N)=O)CCCC3)cc1. The van der Waals surface area contributed by atoms with Crippen LogP contribution in [0.2, 0.25) is 0 Å². The summed E-state index contributed by atoms with van der Waals surface area (Å²) >= 11 is 1.49. The Morgan fingerprint density at radius 2 is 1.92 bits per heavy atom. The van der Waals surface area contributed by atoms with E-state index in [0.29, 0.717) is 17.2 Å². The molecule has 0 radical (unpaired) electrons. The van der Waals surface area contributed by atoms with Gasteiger partial charge in [-0.3, -0.25) is 9.59 Å². The second-order valence-corrected chi connectivity index (χ2v) is 7.19. The van der Waals surface area contributed by atoms with Crippen LogP contribution in [0.15, 0.2) is 24.3 Å². The number of carbonyl (C=O) groups is 2. The summed E-state index contributed by atoms with van der Waals surface area (Å²) in [5, 5.41) is 3.48. The second-order valence-electron chi connectivity index (χ2n) is 6.08. The molecule has 25 heavy (non-hydrogen) atoms. The van der Waals surface area contributed by atoms with Gasteiger partial charge in [0.15, 0.2) is 0 Å². The van der Waals surface area contributed by atoms with Crippen LogP contribution < -0.4 is 15.8 Å². The number of primary amides is 1. The van der Waals surface area contributed by atoms with E-state index in [1.165, 1.54) is 16.2 Å². The Labute approximate surface area is 151 Å². The zero-order valence-electron chi connectivity index (χ0n) is 14.3. The topological polar surface area (TPSA) is 81.4 Å². The van der Waals surface area contributed by atoms with Crippen molar-refractivity contribution in [2.75, 3.05) is 11.9 Å². The highest BCUT2D eigenvalue weighted by Gasteiger charge is 2.24. The summed E-state index contributed by atoms with van der Waals surface area (Å²) in [5.74, 6) is 0.176. The quantitative estimate of drug-likeness (QED) is 0.831. The number of nitrogens with two attached hydrogens (primary N) is 1. The standard InChI is InChI=1S/C19H22N2O3S/c1-2-24-13-9-7-12(8-10-13)11-16(22)21-19-17(18(20)23)14-5-3-4-6-15(14)25-19/h7-10H,2-6,11H2,1H3,(H2,20,23)(H,21,22). The van der Waals surface area contributed by atoms with E-state index in [2.05, 4.69) is 5.32 Å². The lowest BCUT2D eigenvalue weighted by Gasteiger charge is -2.11. The number of rotatable bonds is 6. The van der Waals surface area contributed by atoms with Gasteiger partial charge in [-0.05, 0) is 55.9 Å². The molecule has 1 aromatic carbocycles. The summed E-state index contributed by atoms with van der Waals surface area (Å²) in [6, 6.07) is 7.45. The molecule has 3 rings (SSSR count). The van der Waals surface area contributed by atoms with Gasteiger partial charge in [0.05, 0.1) is 18.6 Å². The average molecular weight is 358 g/mol. The van der Waals surface area contributed by atoms with Crippen LogP contribution in [0, 0.1) is 0 Å². The number of benzene rings is 1. The Morgan fingerprint density at radius 3 is 2.60 bits per heavy atom. The molecule has 2 amide bonds. The van der Waals surface area contributed by atoms with Crippen molar-refractivity contribution in [3.05, 3.63) is 45.8 Å². The summed E-state index contributed by atoms with van der Waals surface area (Å²) < 4.78 is 5.40. The fraction of sp³-hybridized carbons (Fsp3) is 0.368. The molecule has 0 saturated heterocycles. The van der Waals surface area contributed by atoms with Gasteiger partial charge in [-0.2, -0.15) is 0 Å². The van der Waals surface area contributed by atoms with Gasteiger partial charge in [-0.25, -0.2) is 0 Å². The lowest BCUT2D eigenvalue weighted by Crippen LogP contribution is -2.19. The van der Waals surface area contributed by atoms with Crippen molar-refractivity contribution in [2.24, 2.45) is 5.73 Å². The first-order chi connectivity index (χ1) is 12.1. The van der Waals surface area contributed by atoms with Crippen LogP contribution in [0.4, 0.5) is 5.00 Å². The van der Waals surface area contributed by atoms with Crippen molar-refractivity contribution in [2.45, 2.75) is 39.0 Å². The predicted octanol–water partition coefficient (Wildman–Crippen LogP) is 3.31. The molecular weight excluding hydrogens is 336 g/mol. The van der Waals surface area contributed by atoms with E-state index in [9.17, 15) is 9.59 Å². The van der Waals surface area contributed by atoms with Crippen molar-refractivity contribution in [3.8, 4) is 5.75 Å². The number of ether oxygens (including phenoxy) is 1. The summed E-state index contributed by atoms with van der Waals surface area (Å²) in [7, 11) is 0. The van der Waals surface area contributed by atoms with Crippen LogP contribution in [-0.4, -0.2) is 18.4 Å². The number of amides is 2. The van der Waals surface area contributed by atoms with Crippen molar-refractivity contribution < 1.29 is 14.3 Å². The largest absolute Gasteiger partial charge is 0.494 e. The van der Waals surface area contributed by atoms with Gasteiger partial charge in [0.2, 0.25) is 5.91 Å². The monoisotopic (exact) mass is 358 g/mol. The van der Waals surface area contributed by atoms with E-state index in [1.54, 1.807) is 0 Å². The van der Waals surface area contributed by atoms with E-state index in [0.717, 1.165) is 42.6 Å². The van der Waals surface area contributed by atoms with E-state index >= 15 is 0 Å². The van der Waals surface area contributed by atoms with Crippen LogP contribution in [0.25, 0.3) is 0 Å². The Balaban J connectivity index is 1.72. The third-order valence-electron chi connectivity index (χ3n) is 4.27. The second kappa shape index (κ2) is 7.70. The lowest BCUT2D eigenvalue weighted by atomic mass is 9.95. The maximum Gasteiger partial charge on any atom is 0.251 e. The number of hydrogen-bond donors (Lipinski definition) is 2. The molecule has 0 fully saturated rings. The molecular formula is C19H22N2O3S. The summed E-state index contributed by atoms with van der Waals surface area (Å²) in [6.07, 6.45) is 4.23. The number of aryl methyl sites for hydroxylation is 1. The molecule has 0 saturated carbocycles. The van der Waals surface area contributed by atoms with E-state index < -0.39 is 5.91 Å². The molecule has 1 aromatic heterocycles. The van der Waals surface area contributed by atoms with Gasteiger partial charge in [0.25, 0.3) is 5.91 Å². The molecule has 0 atom stereocenters. The zero-order valence-corrected chi connectivity index (χ0v) is 15.1. The molecule has 132 valence electrons. The van der Waals surface area contributed by atoms with Crippen molar-refractivity contribution in [1.29, 1.82) is 0 Å². The number of hydrogen-bond acceptors (Lipinski definition) is 4.